The molecule has 0 fully saturated rings. The molecule has 2 aromatic rings. The number of hydrogen-bond donors (Lipinski definition) is 1. The normalized spacial score (nSPS) is 12.9. The minimum atomic E-state index is -4.46. The first-order valence-electron chi connectivity index (χ1n) is 7.61. The van der Waals surface area contributed by atoms with E-state index >= 15 is 0 Å². The van der Waals surface area contributed by atoms with E-state index in [1.54, 1.807) is 20.0 Å². The fourth-order valence-electron chi connectivity index (χ4n) is 2.34. The van der Waals surface area contributed by atoms with Crippen LogP contribution in [0.2, 0.25) is 0 Å². The molecule has 1 N–H and O–H groups in total. The second-order valence-electron chi connectivity index (χ2n) is 5.72. The van der Waals surface area contributed by atoms with Gasteiger partial charge in [-0.1, -0.05) is 30.3 Å². The zero-order chi connectivity index (χ0) is 18.6. The Hall–Kier alpha value is -2.41. The molecule has 1 amide bonds. The van der Waals surface area contributed by atoms with Crippen LogP contribution in [0.1, 0.15) is 18.1 Å². The molecule has 0 spiro atoms. The number of para-hydroxylation sites is 1. The van der Waals surface area contributed by atoms with Crippen molar-refractivity contribution >= 4 is 11.6 Å². The number of carbonyl (C=O) groups is 1. The first-order valence-corrected chi connectivity index (χ1v) is 7.61. The van der Waals surface area contributed by atoms with Crippen LogP contribution in [0.25, 0.3) is 0 Å². The molecule has 0 saturated carbocycles. The van der Waals surface area contributed by atoms with Gasteiger partial charge in [-0.15, -0.1) is 0 Å². The van der Waals surface area contributed by atoms with Gasteiger partial charge in [-0.05, 0) is 37.7 Å². The maximum atomic E-state index is 13.6. The summed E-state index contributed by atoms with van der Waals surface area (Å²) in [5, 5.41) is 2.44. The summed E-state index contributed by atoms with van der Waals surface area (Å²) >= 11 is 0. The van der Waals surface area contributed by atoms with Crippen molar-refractivity contribution in [2.24, 2.45) is 0 Å². The number of anilines is 1. The summed E-state index contributed by atoms with van der Waals surface area (Å²) in [5.74, 6) is -1.08. The number of amides is 1. The predicted molar refractivity (Wildman–Crippen MR) is 87.4 cm³/mol. The average Bonchev–Trinajstić information content (AvgIpc) is 2.55. The van der Waals surface area contributed by atoms with E-state index in [4.69, 9.17) is 0 Å². The average molecular weight is 354 g/mol. The van der Waals surface area contributed by atoms with Crippen LogP contribution in [0.5, 0.6) is 0 Å². The van der Waals surface area contributed by atoms with Crippen molar-refractivity contribution < 1.29 is 22.4 Å². The number of nitrogens with zero attached hydrogens (tertiary/aromatic N) is 1. The van der Waals surface area contributed by atoms with E-state index in [0.29, 0.717) is 0 Å². The highest BCUT2D eigenvalue weighted by Gasteiger charge is 2.33. The third-order valence-corrected chi connectivity index (χ3v) is 3.91. The van der Waals surface area contributed by atoms with Gasteiger partial charge in [0.15, 0.2) is 0 Å². The first-order chi connectivity index (χ1) is 11.7. The quantitative estimate of drug-likeness (QED) is 0.812. The monoisotopic (exact) mass is 354 g/mol. The van der Waals surface area contributed by atoms with Gasteiger partial charge in [-0.3, -0.25) is 9.69 Å². The number of nitrogens with one attached hydrogen (secondary N) is 1. The summed E-state index contributed by atoms with van der Waals surface area (Å²) in [7, 11) is 1.54. The van der Waals surface area contributed by atoms with E-state index in [-0.39, 0.29) is 17.8 Å². The fourth-order valence-corrected chi connectivity index (χ4v) is 2.34. The van der Waals surface area contributed by atoms with Gasteiger partial charge >= 0.3 is 6.18 Å². The molecule has 134 valence electrons. The summed E-state index contributed by atoms with van der Waals surface area (Å²) < 4.78 is 52.7. The zero-order valence-corrected chi connectivity index (χ0v) is 13.8. The Kier molecular flexibility index (Phi) is 5.79. The molecule has 0 heterocycles. The molecule has 0 bridgehead atoms. The number of hydrogen-bond acceptors (Lipinski definition) is 2. The van der Waals surface area contributed by atoms with Gasteiger partial charge in [0, 0.05) is 6.54 Å². The van der Waals surface area contributed by atoms with Crippen LogP contribution in [0.4, 0.5) is 23.2 Å². The Morgan fingerprint density at radius 2 is 1.72 bits per heavy atom. The topological polar surface area (TPSA) is 32.3 Å². The molecular formula is C18H18F4N2O. The lowest BCUT2D eigenvalue weighted by molar-refractivity contribution is -0.138. The number of alkyl halides is 3. The summed E-state index contributed by atoms with van der Waals surface area (Å²) in [5.41, 5.74) is -0.630. The number of likely N-dealkylation sites (N-methyl/N-ethyl adjacent to an activating group) is 1. The van der Waals surface area contributed by atoms with Crippen molar-refractivity contribution in [3.8, 4) is 0 Å². The molecule has 0 unspecified atom stereocenters. The van der Waals surface area contributed by atoms with Crippen molar-refractivity contribution in [1.82, 2.24) is 4.90 Å². The van der Waals surface area contributed by atoms with Crippen molar-refractivity contribution in [2.45, 2.75) is 25.7 Å². The minimum absolute atomic E-state index is 0.0310. The molecule has 7 heteroatoms. The molecule has 0 saturated heterocycles. The third-order valence-electron chi connectivity index (χ3n) is 3.91. The zero-order valence-electron chi connectivity index (χ0n) is 13.8. The predicted octanol–water partition coefficient (Wildman–Crippen LogP) is 4.30. The lowest BCUT2D eigenvalue weighted by Crippen LogP contribution is -2.39. The SMILES string of the molecule is C[C@@H](C(=O)Nc1ccccc1F)N(C)Cc1ccccc1C(F)(F)F. The first kappa shape index (κ1) is 18.9. The molecule has 3 nitrogen and oxygen atoms in total. The standard InChI is InChI=1S/C18H18F4N2O/c1-12(17(25)23-16-10-6-5-9-15(16)19)24(2)11-13-7-3-4-8-14(13)18(20,21)22/h3-10,12H,11H2,1-2H3,(H,23,25)/t12-/m0/s1. The number of carbonyl (C=O) groups excluding carboxylic acids is 1. The van der Waals surface area contributed by atoms with Gasteiger partial charge in [-0.25, -0.2) is 4.39 Å². The Labute approximate surface area is 143 Å². The highest BCUT2D eigenvalue weighted by atomic mass is 19.4. The second kappa shape index (κ2) is 7.65. The lowest BCUT2D eigenvalue weighted by Gasteiger charge is -2.25. The molecule has 0 radical (unpaired) electrons. The molecule has 0 aliphatic carbocycles. The largest absolute Gasteiger partial charge is 0.416 e. The van der Waals surface area contributed by atoms with Crippen LogP contribution in [0, 0.1) is 5.82 Å². The Morgan fingerprint density at radius 1 is 1.12 bits per heavy atom. The Morgan fingerprint density at radius 3 is 2.36 bits per heavy atom. The van der Waals surface area contributed by atoms with Crippen LogP contribution in [-0.4, -0.2) is 23.9 Å². The molecule has 25 heavy (non-hydrogen) atoms. The summed E-state index contributed by atoms with van der Waals surface area (Å²) in [6, 6.07) is 10.2. The summed E-state index contributed by atoms with van der Waals surface area (Å²) in [6.07, 6.45) is -4.46. The van der Waals surface area contributed by atoms with Crippen molar-refractivity contribution in [3.05, 3.63) is 65.5 Å². The molecule has 2 rings (SSSR count). The molecule has 0 aliphatic rings. The van der Waals surface area contributed by atoms with Gasteiger partial charge in [0.2, 0.25) is 5.91 Å². The molecule has 0 aliphatic heterocycles. The number of rotatable bonds is 5. The van der Waals surface area contributed by atoms with Crippen LogP contribution in [0.3, 0.4) is 0 Å². The summed E-state index contributed by atoms with van der Waals surface area (Å²) in [4.78, 5) is 13.7. The summed E-state index contributed by atoms with van der Waals surface area (Å²) in [6.45, 7) is 1.48. The van der Waals surface area contributed by atoms with Crippen molar-refractivity contribution in [2.75, 3.05) is 12.4 Å². The lowest BCUT2D eigenvalue weighted by atomic mass is 10.1. The number of benzene rings is 2. The van der Waals surface area contributed by atoms with E-state index < -0.39 is 29.5 Å². The highest BCUT2D eigenvalue weighted by molar-refractivity contribution is 5.94. The maximum absolute atomic E-state index is 13.6. The van der Waals surface area contributed by atoms with E-state index in [0.717, 1.165) is 6.07 Å². The molecular weight excluding hydrogens is 336 g/mol. The van der Waals surface area contributed by atoms with Crippen LogP contribution < -0.4 is 5.32 Å². The van der Waals surface area contributed by atoms with Gasteiger partial charge < -0.3 is 5.32 Å². The number of halogens is 4. The van der Waals surface area contributed by atoms with Crippen LogP contribution in [-0.2, 0) is 17.5 Å². The third kappa shape index (κ3) is 4.79. The molecule has 0 aromatic heterocycles. The smallest absolute Gasteiger partial charge is 0.322 e. The van der Waals surface area contributed by atoms with Gasteiger partial charge in [0.25, 0.3) is 0 Å². The van der Waals surface area contributed by atoms with E-state index in [1.165, 1.54) is 41.3 Å². The van der Waals surface area contributed by atoms with Crippen molar-refractivity contribution in [1.29, 1.82) is 0 Å². The van der Waals surface area contributed by atoms with Gasteiger partial charge in [-0.2, -0.15) is 13.2 Å². The Balaban J connectivity index is 2.09. The van der Waals surface area contributed by atoms with Crippen LogP contribution in [0.15, 0.2) is 48.5 Å². The van der Waals surface area contributed by atoms with Gasteiger partial charge in [0.1, 0.15) is 5.82 Å². The van der Waals surface area contributed by atoms with E-state index in [9.17, 15) is 22.4 Å². The van der Waals surface area contributed by atoms with Crippen LogP contribution >= 0.6 is 0 Å². The highest BCUT2D eigenvalue weighted by Crippen LogP contribution is 2.32. The van der Waals surface area contributed by atoms with Gasteiger partial charge in [0.05, 0.1) is 17.3 Å². The van der Waals surface area contributed by atoms with E-state index in [2.05, 4.69) is 5.32 Å². The molecule has 2 aromatic carbocycles. The van der Waals surface area contributed by atoms with E-state index in [1.807, 2.05) is 0 Å². The second-order valence-corrected chi connectivity index (χ2v) is 5.72. The maximum Gasteiger partial charge on any atom is 0.416 e. The minimum Gasteiger partial charge on any atom is -0.322 e. The van der Waals surface area contributed by atoms with Crippen molar-refractivity contribution in [3.63, 3.8) is 0 Å². The molecule has 1 atom stereocenters. The Bertz CT molecular complexity index is 746. The fraction of sp³-hybridized carbons (Fsp3) is 0.278.